The van der Waals surface area contributed by atoms with Gasteiger partial charge in [-0.15, -0.1) is 0 Å². The van der Waals surface area contributed by atoms with E-state index in [4.69, 9.17) is 0 Å². The second-order valence-corrected chi connectivity index (χ2v) is 3.52. The lowest BCUT2D eigenvalue weighted by molar-refractivity contribution is -0.534. The molecule has 0 aromatic heterocycles. The Balaban J connectivity index is 2.71. The van der Waals surface area contributed by atoms with Crippen molar-refractivity contribution in [1.29, 1.82) is 0 Å². The first-order valence-electron chi connectivity index (χ1n) is 5.00. The van der Waals surface area contributed by atoms with Crippen LogP contribution in [0.15, 0.2) is 30.3 Å². The molecule has 1 N–H and O–H groups in total. The van der Waals surface area contributed by atoms with E-state index in [1.165, 1.54) is 0 Å². The number of aliphatic hydroxyl groups is 1. The van der Waals surface area contributed by atoms with Crippen molar-refractivity contribution < 1.29 is 10.0 Å². The number of nitrogens with zero attached hydrogens (tertiary/aromatic N) is 1. The molecular formula is C11H15NO3. The summed E-state index contributed by atoms with van der Waals surface area (Å²) < 4.78 is 0. The second-order valence-electron chi connectivity index (χ2n) is 3.52. The van der Waals surface area contributed by atoms with E-state index in [2.05, 4.69) is 0 Å². The third-order valence-electron chi connectivity index (χ3n) is 2.42. The minimum atomic E-state index is -0.905. The van der Waals surface area contributed by atoms with Gasteiger partial charge in [-0.3, -0.25) is 10.1 Å². The first kappa shape index (κ1) is 11.7. The maximum Gasteiger partial charge on any atom is 0.242 e. The summed E-state index contributed by atoms with van der Waals surface area (Å²) >= 11 is 0. The predicted octanol–water partition coefficient (Wildman–Crippen LogP) is 1.65. The molecule has 0 radical (unpaired) electrons. The van der Waals surface area contributed by atoms with Gasteiger partial charge in [0.15, 0.2) is 0 Å². The van der Waals surface area contributed by atoms with Gasteiger partial charge in [0.2, 0.25) is 6.04 Å². The van der Waals surface area contributed by atoms with Gasteiger partial charge in [-0.1, -0.05) is 37.3 Å². The summed E-state index contributed by atoms with van der Waals surface area (Å²) in [5.74, 6) is 0. The summed E-state index contributed by atoms with van der Waals surface area (Å²) in [6, 6.07) is 8.30. The summed E-state index contributed by atoms with van der Waals surface area (Å²) in [6.07, 6.45) is -0.193. The number of benzene rings is 1. The molecule has 0 spiro atoms. The molecule has 1 aromatic rings. The Morgan fingerprint density at radius 3 is 2.47 bits per heavy atom. The topological polar surface area (TPSA) is 63.4 Å². The molecular weight excluding hydrogens is 194 g/mol. The predicted molar refractivity (Wildman–Crippen MR) is 57.2 cm³/mol. The molecule has 0 heterocycles. The van der Waals surface area contributed by atoms with Crippen LogP contribution in [0.2, 0.25) is 0 Å². The number of hydrogen-bond donors (Lipinski definition) is 1. The molecule has 15 heavy (non-hydrogen) atoms. The van der Waals surface area contributed by atoms with E-state index in [0.29, 0.717) is 6.42 Å². The van der Waals surface area contributed by atoms with Crippen LogP contribution in [0, 0.1) is 10.1 Å². The van der Waals surface area contributed by atoms with E-state index >= 15 is 0 Å². The van der Waals surface area contributed by atoms with Crippen molar-refractivity contribution in [1.82, 2.24) is 0 Å². The summed E-state index contributed by atoms with van der Waals surface area (Å²) in [6.45, 7) is 1.74. The zero-order valence-electron chi connectivity index (χ0n) is 8.67. The van der Waals surface area contributed by atoms with E-state index in [0.717, 1.165) is 5.56 Å². The van der Waals surface area contributed by atoms with Crippen molar-refractivity contribution in [2.45, 2.75) is 31.9 Å². The Morgan fingerprint density at radius 2 is 2.00 bits per heavy atom. The summed E-state index contributed by atoms with van der Waals surface area (Å²) in [4.78, 5) is 10.3. The van der Waals surface area contributed by atoms with Crippen molar-refractivity contribution in [3.05, 3.63) is 46.0 Å². The molecule has 0 aliphatic rings. The van der Waals surface area contributed by atoms with E-state index in [1.54, 1.807) is 6.92 Å². The van der Waals surface area contributed by atoms with Crippen LogP contribution in [0.3, 0.4) is 0 Å². The van der Waals surface area contributed by atoms with Gasteiger partial charge < -0.3 is 5.11 Å². The van der Waals surface area contributed by atoms with Gasteiger partial charge in [0.1, 0.15) is 6.10 Å². The highest BCUT2D eigenvalue weighted by Gasteiger charge is 2.28. The second kappa shape index (κ2) is 5.46. The molecule has 2 atom stereocenters. The van der Waals surface area contributed by atoms with Crippen LogP contribution in [-0.2, 0) is 6.42 Å². The molecule has 4 heteroatoms. The Hall–Kier alpha value is -1.42. The molecule has 82 valence electrons. The van der Waals surface area contributed by atoms with Crippen LogP contribution in [0.25, 0.3) is 0 Å². The number of nitro groups is 1. The molecule has 0 unspecified atom stereocenters. The highest BCUT2D eigenvalue weighted by atomic mass is 16.6. The van der Waals surface area contributed by atoms with Crippen LogP contribution in [0.4, 0.5) is 0 Å². The van der Waals surface area contributed by atoms with Crippen molar-refractivity contribution >= 4 is 0 Å². The largest absolute Gasteiger partial charge is 0.386 e. The lowest BCUT2D eigenvalue weighted by Gasteiger charge is -2.14. The summed E-state index contributed by atoms with van der Waals surface area (Å²) in [5.41, 5.74) is 0.881. The molecule has 0 amide bonds. The van der Waals surface area contributed by atoms with Gasteiger partial charge in [0, 0.05) is 11.3 Å². The van der Waals surface area contributed by atoms with Crippen LogP contribution < -0.4 is 0 Å². The zero-order chi connectivity index (χ0) is 11.3. The summed E-state index contributed by atoms with van der Waals surface area (Å²) in [7, 11) is 0. The molecule has 0 saturated carbocycles. The van der Waals surface area contributed by atoms with Crippen molar-refractivity contribution in [2.75, 3.05) is 0 Å². The van der Waals surface area contributed by atoms with Crippen LogP contribution in [0.5, 0.6) is 0 Å². The zero-order valence-corrected chi connectivity index (χ0v) is 8.67. The van der Waals surface area contributed by atoms with Crippen LogP contribution >= 0.6 is 0 Å². The van der Waals surface area contributed by atoms with Crippen molar-refractivity contribution in [3.63, 3.8) is 0 Å². The van der Waals surface area contributed by atoms with Gasteiger partial charge in [0.05, 0.1) is 0 Å². The fraction of sp³-hybridized carbons (Fsp3) is 0.455. The fourth-order valence-corrected chi connectivity index (χ4v) is 1.48. The van der Waals surface area contributed by atoms with Crippen molar-refractivity contribution in [3.8, 4) is 0 Å². The molecule has 1 rings (SSSR count). The molecule has 1 aromatic carbocycles. The van der Waals surface area contributed by atoms with Crippen LogP contribution in [-0.4, -0.2) is 22.2 Å². The first-order chi connectivity index (χ1) is 7.15. The number of rotatable bonds is 5. The Labute approximate surface area is 88.7 Å². The minimum absolute atomic E-state index is 0.281. The average Bonchev–Trinajstić information content (AvgIpc) is 2.26. The summed E-state index contributed by atoms with van der Waals surface area (Å²) in [5, 5.41) is 20.3. The smallest absolute Gasteiger partial charge is 0.242 e. The van der Waals surface area contributed by atoms with Gasteiger partial charge in [0.25, 0.3) is 0 Å². The monoisotopic (exact) mass is 209 g/mol. The Morgan fingerprint density at radius 1 is 1.40 bits per heavy atom. The van der Waals surface area contributed by atoms with Gasteiger partial charge in [-0.05, 0) is 12.0 Å². The van der Waals surface area contributed by atoms with E-state index in [1.807, 2.05) is 30.3 Å². The van der Waals surface area contributed by atoms with E-state index in [9.17, 15) is 15.2 Å². The Bertz CT molecular complexity index is 313. The third kappa shape index (κ3) is 3.32. The lowest BCUT2D eigenvalue weighted by Crippen LogP contribution is -2.35. The first-order valence-corrected chi connectivity index (χ1v) is 5.00. The van der Waals surface area contributed by atoms with E-state index < -0.39 is 17.1 Å². The molecule has 0 fully saturated rings. The van der Waals surface area contributed by atoms with Crippen molar-refractivity contribution in [2.24, 2.45) is 0 Å². The lowest BCUT2D eigenvalue weighted by atomic mass is 10.0. The molecule has 0 bridgehead atoms. The van der Waals surface area contributed by atoms with Gasteiger partial charge in [-0.2, -0.15) is 0 Å². The minimum Gasteiger partial charge on any atom is -0.386 e. The number of hydrogen-bond acceptors (Lipinski definition) is 3. The Kier molecular flexibility index (Phi) is 4.24. The molecule has 0 saturated heterocycles. The normalized spacial score (nSPS) is 14.5. The average molecular weight is 209 g/mol. The molecule has 0 aliphatic carbocycles. The quantitative estimate of drug-likeness (QED) is 0.592. The van der Waals surface area contributed by atoms with E-state index in [-0.39, 0.29) is 6.42 Å². The van der Waals surface area contributed by atoms with Crippen LogP contribution in [0.1, 0.15) is 18.9 Å². The molecule has 0 aliphatic heterocycles. The standard InChI is InChI=1S/C11H15NO3/c1-2-11(13)10(12(14)15)8-9-6-4-3-5-7-9/h3-7,10-11,13H,2,8H2,1H3/t10-,11-/m0/s1. The highest BCUT2D eigenvalue weighted by molar-refractivity contribution is 5.15. The fourth-order valence-electron chi connectivity index (χ4n) is 1.48. The third-order valence-corrected chi connectivity index (χ3v) is 2.42. The molecule has 4 nitrogen and oxygen atoms in total. The van der Waals surface area contributed by atoms with Gasteiger partial charge in [-0.25, -0.2) is 0 Å². The van der Waals surface area contributed by atoms with Gasteiger partial charge >= 0.3 is 0 Å². The maximum absolute atomic E-state index is 10.7. The number of aliphatic hydroxyl groups excluding tert-OH is 1. The SMILES string of the molecule is CC[C@H](O)[C@H](Cc1ccccc1)[N+](=O)[O-]. The highest BCUT2D eigenvalue weighted by Crippen LogP contribution is 2.10. The maximum atomic E-state index is 10.7.